The maximum Gasteiger partial charge on any atom is 0.247 e. The number of nitrogens with one attached hydrogen (secondary N) is 1. The molecule has 0 atom stereocenters. The predicted molar refractivity (Wildman–Crippen MR) is 47.3 cm³/mol. The zero-order valence-corrected chi connectivity index (χ0v) is 6.75. The molecule has 0 fully saturated rings. The van der Waals surface area contributed by atoms with E-state index in [0.29, 0.717) is 5.95 Å². The van der Waals surface area contributed by atoms with Crippen LogP contribution in [0.15, 0.2) is 36.9 Å². The highest BCUT2D eigenvalue weighted by Crippen LogP contribution is 2.08. The molecule has 0 bridgehead atoms. The summed E-state index contributed by atoms with van der Waals surface area (Å²) in [6.45, 7) is 0. The molecule has 2 aromatic rings. The van der Waals surface area contributed by atoms with Crippen LogP contribution in [0.5, 0.6) is 0 Å². The number of nitrogens with zero attached hydrogens (tertiary/aromatic N) is 4. The SMILES string of the molecule is c1cc(Nc2nccnn2)ccn1. The van der Waals surface area contributed by atoms with Gasteiger partial charge in [-0.2, -0.15) is 5.10 Å². The number of aromatic nitrogens is 4. The average molecular weight is 173 g/mol. The molecule has 1 N–H and O–H groups in total. The highest BCUT2D eigenvalue weighted by molar-refractivity contribution is 5.50. The molecule has 5 nitrogen and oxygen atoms in total. The van der Waals surface area contributed by atoms with Crippen molar-refractivity contribution in [3.05, 3.63) is 36.9 Å². The van der Waals surface area contributed by atoms with Crippen molar-refractivity contribution >= 4 is 11.6 Å². The van der Waals surface area contributed by atoms with E-state index in [-0.39, 0.29) is 0 Å². The van der Waals surface area contributed by atoms with Gasteiger partial charge in [0.05, 0.1) is 12.4 Å². The lowest BCUT2D eigenvalue weighted by Gasteiger charge is -2.00. The molecular formula is C8H7N5. The van der Waals surface area contributed by atoms with Crippen LogP contribution in [-0.4, -0.2) is 20.2 Å². The minimum atomic E-state index is 0.480. The van der Waals surface area contributed by atoms with Gasteiger partial charge in [0.25, 0.3) is 0 Å². The molecule has 2 heterocycles. The Balaban J connectivity index is 2.16. The molecule has 0 aliphatic carbocycles. The molecule has 0 aliphatic rings. The summed E-state index contributed by atoms with van der Waals surface area (Å²) in [5.41, 5.74) is 0.892. The van der Waals surface area contributed by atoms with Gasteiger partial charge in [0.2, 0.25) is 5.95 Å². The van der Waals surface area contributed by atoms with E-state index < -0.39 is 0 Å². The third-order valence-corrected chi connectivity index (χ3v) is 1.42. The summed E-state index contributed by atoms with van der Waals surface area (Å²) in [6, 6.07) is 3.66. The molecule has 0 saturated carbocycles. The summed E-state index contributed by atoms with van der Waals surface area (Å²) in [5, 5.41) is 10.5. The van der Waals surface area contributed by atoms with Crippen molar-refractivity contribution < 1.29 is 0 Å². The number of hydrogen-bond acceptors (Lipinski definition) is 5. The van der Waals surface area contributed by atoms with Gasteiger partial charge in [-0.15, -0.1) is 5.10 Å². The van der Waals surface area contributed by atoms with E-state index in [1.165, 1.54) is 6.20 Å². The first kappa shape index (κ1) is 7.60. The van der Waals surface area contributed by atoms with E-state index in [4.69, 9.17) is 0 Å². The Morgan fingerprint density at radius 2 is 1.85 bits per heavy atom. The summed E-state index contributed by atoms with van der Waals surface area (Å²) < 4.78 is 0. The van der Waals surface area contributed by atoms with Gasteiger partial charge in [-0.25, -0.2) is 4.98 Å². The van der Waals surface area contributed by atoms with Gasteiger partial charge >= 0.3 is 0 Å². The fraction of sp³-hybridized carbons (Fsp3) is 0. The highest BCUT2D eigenvalue weighted by atomic mass is 15.2. The monoisotopic (exact) mass is 173 g/mol. The van der Waals surface area contributed by atoms with Crippen LogP contribution in [0.3, 0.4) is 0 Å². The van der Waals surface area contributed by atoms with Crippen molar-refractivity contribution in [1.29, 1.82) is 0 Å². The fourth-order valence-electron chi connectivity index (χ4n) is 0.869. The van der Waals surface area contributed by atoms with Crippen molar-refractivity contribution in [2.45, 2.75) is 0 Å². The standard InChI is InChI=1S/C8H7N5/c1-3-9-4-2-7(1)12-8-10-5-6-11-13-8/h1-6H,(H,9,10,12,13). The van der Waals surface area contributed by atoms with E-state index in [1.54, 1.807) is 18.6 Å². The third kappa shape index (κ3) is 1.96. The van der Waals surface area contributed by atoms with Gasteiger partial charge in [-0.1, -0.05) is 0 Å². The molecule has 2 aromatic heterocycles. The smallest absolute Gasteiger partial charge is 0.247 e. The van der Waals surface area contributed by atoms with Crippen LogP contribution in [0.1, 0.15) is 0 Å². The van der Waals surface area contributed by atoms with Crippen LogP contribution in [0.4, 0.5) is 11.6 Å². The first-order valence-corrected chi connectivity index (χ1v) is 3.76. The molecule has 5 heteroatoms. The maximum atomic E-state index is 3.97. The van der Waals surface area contributed by atoms with Crippen LogP contribution in [0.25, 0.3) is 0 Å². The lowest BCUT2D eigenvalue weighted by Crippen LogP contribution is -1.97. The zero-order valence-electron chi connectivity index (χ0n) is 6.75. The molecule has 2 rings (SSSR count). The molecule has 0 radical (unpaired) electrons. The largest absolute Gasteiger partial charge is 0.323 e. The minimum absolute atomic E-state index is 0.480. The Bertz CT molecular complexity index is 323. The van der Waals surface area contributed by atoms with E-state index >= 15 is 0 Å². The Labute approximate surface area is 74.9 Å². The summed E-state index contributed by atoms with van der Waals surface area (Å²) >= 11 is 0. The molecule has 64 valence electrons. The summed E-state index contributed by atoms with van der Waals surface area (Å²) in [4.78, 5) is 7.86. The first-order valence-electron chi connectivity index (χ1n) is 3.76. The maximum absolute atomic E-state index is 3.97. The van der Waals surface area contributed by atoms with Crippen LogP contribution in [-0.2, 0) is 0 Å². The third-order valence-electron chi connectivity index (χ3n) is 1.42. The van der Waals surface area contributed by atoms with Crippen molar-refractivity contribution in [3.8, 4) is 0 Å². The molecule has 0 spiro atoms. The minimum Gasteiger partial charge on any atom is -0.323 e. The van der Waals surface area contributed by atoms with E-state index in [0.717, 1.165) is 5.69 Å². The highest BCUT2D eigenvalue weighted by Gasteiger charge is 1.94. The second-order valence-electron chi connectivity index (χ2n) is 2.33. The number of anilines is 2. The van der Waals surface area contributed by atoms with Crippen LogP contribution >= 0.6 is 0 Å². The lowest BCUT2D eigenvalue weighted by atomic mass is 10.4. The molecule has 0 saturated heterocycles. The Morgan fingerprint density at radius 3 is 2.54 bits per heavy atom. The van der Waals surface area contributed by atoms with Crippen molar-refractivity contribution in [2.24, 2.45) is 0 Å². The van der Waals surface area contributed by atoms with Crippen molar-refractivity contribution in [2.75, 3.05) is 5.32 Å². The van der Waals surface area contributed by atoms with Crippen LogP contribution in [0, 0.1) is 0 Å². The number of rotatable bonds is 2. The van der Waals surface area contributed by atoms with Gasteiger partial charge in [-0.3, -0.25) is 4.98 Å². The second kappa shape index (κ2) is 3.57. The molecule has 0 aliphatic heterocycles. The zero-order chi connectivity index (χ0) is 8.93. The molecule has 0 amide bonds. The Morgan fingerprint density at radius 1 is 1.00 bits per heavy atom. The Kier molecular flexibility index (Phi) is 2.09. The second-order valence-corrected chi connectivity index (χ2v) is 2.33. The van der Waals surface area contributed by atoms with Gasteiger partial charge in [-0.05, 0) is 12.1 Å². The van der Waals surface area contributed by atoms with Gasteiger partial charge < -0.3 is 5.32 Å². The van der Waals surface area contributed by atoms with E-state index in [1.807, 2.05) is 12.1 Å². The van der Waals surface area contributed by atoms with Crippen molar-refractivity contribution in [1.82, 2.24) is 20.2 Å². The summed E-state index contributed by atoms with van der Waals surface area (Å²) in [7, 11) is 0. The quantitative estimate of drug-likeness (QED) is 0.734. The molecule has 0 unspecified atom stereocenters. The number of pyridine rings is 1. The van der Waals surface area contributed by atoms with Crippen LogP contribution in [0.2, 0.25) is 0 Å². The van der Waals surface area contributed by atoms with Crippen LogP contribution < -0.4 is 5.32 Å². The fourth-order valence-corrected chi connectivity index (χ4v) is 0.869. The first-order chi connectivity index (χ1) is 6.45. The van der Waals surface area contributed by atoms with E-state index in [2.05, 4.69) is 25.5 Å². The lowest BCUT2D eigenvalue weighted by molar-refractivity contribution is 0.978. The molecular weight excluding hydrogens is 166 g/mol. The van der Waals surface area contributed by atoms with Gasteiger partial charge in [0, 0.05) is 18.1 Å². The van der Waals surface area contributed by atoms with Gasteiger partial charge in [0.1, 0.15) is 0 Å². The van der Waals surface area contributed by atoms with Gasteiger partial charge in [0.15, 0.2) is 0 Å². The topological polar surface area (TPSA) is 63.6 Å². The van der Waals surface area contributed by atoms with E-state index in [9.17, 15) is 0 Å². The summed E-state index contributed by atoms with van der Waals surface area (Å²) in [6.07, 6.45) is 6.49. The summed E-state index contributed by atoms with van der Waals surface area (Å²) in [5.74, 6) is 0.480. The molecule has 0 aromatic carbocycles. The number of hydrogen-bond donors (Lipinski definition) is 1. The van der Waals surface area contributed by atoms with Crippen molar-refractivity contribution in [3.63, 3.8) is 0 Å². The predicted octanol–water partition coefficient (Wildman–Crippen LogP) is 1.01. The Hall–Kier alpha value is -2.04. The molecule has 13 heavy (non-hydrogen) atoms. The normalized spacial score (nSPS) is 9.54. The average Bonchev–Trinajstić information content (AvgIpc) is 2.21.